The van der Waals surface area contributed by atoms with E-state index in [4.69, 9.17) is 11.6 Å². The summed E-state index contributed by atoms with van der Waals surface area (Å²) >= 11 is 5.66. The summed E-state index contributed by atoms with van der Waals surface area (Å²) in [6.07, 6.45) is 2.68. The maximum atomic E-state index is 12.2. The molecule has 1 aliphatic rings. The third-order valence-corrected chi connectivity index (χ3v) is 5.45. The minimum absolute atomic E-state index is 0.0197. The van der Waals surface area contributed by atoms with Gasteiger partial charge in [0.25, 0.3) is 5.56 Å². The summed E-state index contributed by atoms with van der Waals surface area (Å²) in [5.74, 6) is 0. The summed E-state index contributed by atoms with van der Waals surface area (Å²) in [5, 5.41) is -0.135. The summed E-state index contributed by atoms with van der Waals surface area (Å²) in [6, 6.07) is 1.40. The van der Waals surface area contributed by atoms with Crippen molar-refractivity contribution in [3.63, 3.8) is 0 Å². The summed E-state index contributed by atoms with van der Waals surface area (Å²) < 4.78 is 27.2. The predicted molar refractivity (Wildman–Crippen MR) is 77.5 cm³/mol. The van der Waals surface area contributed by atoms with Crippen molar-refractivity contribution in [2.75, 3.05) is 13.6 Å². The van der Waals surface area contributed by atoms with E-state index in [0.717, 1.165) is 25.6 Å². The number of sulfonamides is 1. The molecule has 20 heavy (non-hydrogen) atoms. The molecular weight excluding hydrogens is 302 g/mol. The minimum atomic E-state index is -3.66. The van der Waals surface area contributed by atoms with Gasteiger partial charge in [-0.3, -0.25) is 4.79 Å². The molecule has 1 saturated heterocycles. The van der Waals surface area contributed by atoms with Crippen molar-refractivity contribution in [1.29, 1.82) is 0 Å². The molecule has 0 radical (unpaired) electrons. The van der Waals surface area contributed by atoms with Gasteiger partial charge >= 0.3 is 0 Å². The number of likely N-dealkylation sites (tertiary alicyclic amines) is 1. The number of aromatic amines is 1. The van der Waals surface area contributed by atoms with E-state index >= 15 is 0 Å². The molecule has 0 aliphatic carbocycles. The molecule has 0 spiro atoms. The topological polar surface area (TPSA) is 82.3 Å². The van der Waals surface area contributed by atoms with E-state index in [1.165, 1.54) is 6.07 Å². The van der Waals surface area contributed by atoms with Gasteiger partial charge in [-0.05, 0) is 39.4 Å². The Balaban J connectivity index is 2.15. The smallest absolute Gasteiger partial charge is 0.266 e. The zero-order valence-electron chi connectivity index (χ0n) is 11.4. The molecule has 0 saturated carbocycles. The Morgan fingerprint density at radius 3 is 2.80 bits per heavy atom. The molecule has 2 N–H and O–H groups in total. The first-order chi connectivity index (χ1) is 9.29. The van der Waals surface area contributed by atoms with Crippen LogP contribution < -0.4 is 10.3 Å². The Kier molecular flexibility index (Phi) is 4.53. The fraction of sp³-hybridized carbons (Fsp3) is 0.583. The maximum absolute atomic E-state index is 12.2. The van der Waals surface area contributed by atoms with Gasteiger partial charge in [0.15, 0.2) is 0 Å². The summed E-state index contributed by atoms with van der Waals surface area (Å²) in [5.41, 5.74) is -0.501. The van der Waals surface area contributed by atoms with Crippen molar-refractivity contribution in [3.8, 4) is 0 Å². The molecule has 112 valence electrons. The molecule has 6 nitrogen and oxygen atoms in total. The zero-order valence-corrected chi connectivity index (χ0v) is 13.0. The van der Waals surface area contributed by atoms with Gasteiger partial charge in [0.2, 0.25) is 10.0 Å². The molecule has 1 aromatic rings. The zero-order chi connectivity index (χ0) is 14.9. The van der Waals surface area contributed by atoms with E-state index in [9.17, 15) is 13.2 Å². The van der Waals surface area contributed by atoms with Crippen LogP contribution in [0.2, 0.25) is 5.02 Å². The van der Waals surface area contributed by atoms with Crippen molar-refractivity contribution in [3.05, 3.63) is 27.6 Å². The second-order valence-electron chi connectivity index (χ2n) is 5.18. The third-order valence-electron chi connectivity index (χ3n) is 3.67. The number of H-pyrrole nitrogens is 1. The minimum Gasteiger partial charge on any atom is -0.326 e. The van der Waals surface area contributed by atoms with Crippen LogP contribution in [0.3, 0.4) is 0 Å². The van der Waals surface area contributed by atoms with Gasteiger partial charge in [-0.15, -0.1) is 0 Å². The first-order valence-electron chi connectivity index (χ1n) is 6.40. The van der Waals surface area contributed by atoms with E-state index in [-0.39, 0.29) is 16.0 Å². The number of nitrogens with zero attached hydrogens (tertiary/aromatic N) is 1. The molecule has 8 heteroatoms. The fourth-order valence-electron chi connectivity index (χ4n) is 2.28. The number of piperidine rings is 1. The van der Waals surface area contributed by atoms with Crippen LogP contribution in [-0.2, 0) is 10.0 Å². The van der Waals surface area contributed by atoms with Gasteiger partial charge in [0.05, 0.1) is 4.90 Å². The van der Waals surface area contributed by atoms with Crippen molar-refractivity contribution in [2.24, 2.45) is 0 Å². The highest BCUT2D eigenvalue weighted by atomic mass is 35.5. The molecule has 1 aliphatic heterocycles. The second-order valence-corrected chi connectivity index (χ2v) is 7.31. The van der Waals surface area contributed by atoms with Crippen LogP contribution in [0.4, 0.5) is 0 Å². The van der Waals surface area contributed by atoms with Crippen molar-refractivity contribution >= 4 is 21.6 Å². The van der Waals surface area contributed by atoms with E-state index in [2.05, 4.69) is 21.5 Å². The van der Waals surface area contributed by atoms with Crippen LogP contribution >= 0.6 is 11.6 Å². The number of hydrogen-bond donors (Lipinski definition) is 2. The van der Waals surface area contributed by atoms with Crippen molar-refractivity contribution in [2.45, 2.75) is 36.7 Å². The number of nitrogens with one attached hydrogen (secondary N) is 2. The monoisotopic (exact) mass is 319 g/mol. The Morgan fingerprint density at radius 2 is 2.20 bits per heavy atom. The molecule has 2 heterocycles. The Bertz CT molecular complexity index is 644. The Labute approximate surface area is 123 Å². The number of halogens is 1. The molecule has 1 fully saturated rings. The van der Waals surface area contributed by atoms with E-state index in [1.807, 2.05) is 7.05 Å². The lowest BCUT2D eigenvalue weighted by molar-refractivity contribution is 0.178. The van der Waals surface area contributed by atoms with Crippen LogP contribution in [0.15, 0.2) is 22.0 Å². The van der Waals surface area contributed by atoms with E-state index in [0.29, 0.717) is 6.04 Å². The molecular formula is C12H18ClN3O3S. The predicted octanol–water partition coefficient (Wildman–Crippen LogP) is 0.789. The van der Waals surface area contributed by atoms with Gasteiger partial charge < -0.3 is 9.88 Å². The van der Waals surface area contributed by atoms with Crippen LogP contribution in [0.25, 0.3) is 0 Å². The molecule has 2 rings (SSSR count). The largest absolute Gasteiger partial charge is 0.326 e. The lowest BCUT2D eigenvalue weighted by Gasteiger charge is -2.35. The van der Waals surface area contributed by atoms with Gasteiger partial charge in [0.1, 0.15) is 5.02 Å². The highest BCUT2D eigenvalue weighted by Crippen LogP contribution is 2.18. The molecule has 0 amide bonds. The number of rotatable bonds is 3. The number of pyridine rings is 1. The first kappa shape index (κ1) is 15.5. The normalized spacial score (nSPS) is 24.8. The highest BCUT2D eigenvalue weighted by molar-refractivity contribution is 7.89. The molecule has 2 unspecified atom stereocenters. The van der Waals surface area contributed by atoms with Gasteiger partial charge in [-0.25, -0.2) is 13.1 Å². The third kappa shape index (κ3) is 3.41. The van der Waals surface area contributed by atoms with Crippen LogP contribution in [0.5, 0.6) is 0 Å². The van der Waals surface area contributed by atoms with E-state index < -0.39 is 15.6 Å². The maximum Gasteiger partial charge on any atom is 0.266 e. The van der Waals surface area contributed by atoms with Gasteiger partial charge in [-0.1, -0.05) is 11.6 Å². The summed E-state index contributed by atoms with van der Waals surface area (Å²) in [4.78, 5) is 15.6. The van der Waals surface area contributed by atoms with Crippen LogP contribution in [-0.4, -0.2) is 44.0 Å². The Hall–Kier alpha value is -0.890. The average Bonchev–Trinajstić information content (AvgIpc) is 2.37. The van der Waals surface area contributed by atoms with E-state index in [1.54, 1.807) is 0 Å². The molecule has 1 aromatic heterocycles. The van der Waals surface area contributed by atoms with Gasteiger partial charge in [-0.2, -0.15) is 0 Å². The van der Waals surface area contributed by atoms with Crippen molar-refractivity contribution < 1.29 is 8.42 Å². The molecule has 2 atom stereocenters. The SMILES string of the molecule is CC1CC(NS(=O)(=O)c2c[nH]c(=O)c(Cl)c2)CCN1C. The number of aromatic nitrogens is 1. The lowest BCUT2D eigenvalue weighted by atomic mass is 10.0. The molecule has 0 bridgehead atoms. The van der Waals surface area contributed by atoms with Crippen LogP contribution in [0.1, 0.15) is 19.8 Å². The lowest BCUT2D eigenvalue weighted by Crippen LogP contribution is -2.47. The summed E-state index contributed by atoms with van der Waals surface area (Å²) in [7, 11) is -1.64. The molecule has 0 aromatic carbocycles. The average molecular weight is 320 g/mol. The second kappa shape index (κ2) is 5.85. The van der Waals surface area contributed by atoms with Crippen molar-refractivity contribution in [1.82, 2.24) is 14.6 Å². The van der Waals surface area contributed by atoms with Gasteiger partial charge in [0, 0.05) is 18.3 Å². The van der Waals surface area contributed by atoms with Crippen LogP contribution in [0, 0.1) is 0 Å². The number of hydrogen-bond acceptors (Lipinski definition) is 4. The summed E-state index contributed by atoms with van der Waals surface area (Å²) in [6.45, 7) is 2.91. The highest BCUT2D eigenvalue weighted by Gasteiger charge is 2.27. The fourth-order valence-corrected chi connectivity index (χ4v) is 3.79. The standard InChI is InChI=1S/C12H18ClN3O3S/c1-8-5-9(3-4-16(8)2)15-20(18,19)10-6-11(13)12(17)14-7-10/h6-9,15H,3-5H2,1-2H3,(H,14,17). The first-order valence-corrected chi connectivity index (χ1v) is 8.26. The quantitative estimate of drug-likeness (QED) is 0.863. The Morgan fingerprint density at radius 1 is 1.50 bits per heavy atom.